The van der Waals surface area contributed by atoms with Crippen LogP contribution in [0.15, 0.2) is 42.7 Å². The molecule has 6 heteroatoms. The number of amides is 1. The Labute approximate surface area is 139 Å². The molecule has 0 atom stereocenters. The molecule has 1 aromatic carbocycles. The summed E-state index contributed by atoms with van der Waals surface area (Å²) in [5.74, 6) is -0.294. The van der Waals surface area contributed by atoms with Crippen molar-refractivity contribution in [1.82, 2.24) is 9.88 Å². The van der Waals surface area contributed by atoms with Gasteiger partial charge in [-0.2, -0.15) is 0 Å². The molecule has 23 heavy (non-hydrogen) atoms. The van der Waals surface area contributed by atoms with Gasteiger partial charge in [0.15, 0.2) is 0 Å². The van der Waals surface area contributed by atoms with Gasteiger partial charge in [0.25, 0.3) is 5.91 Å². The van der Waals surface area contributed by atoms with Gasteiger partial charge < -0.3 is 9.80 Å². The summed E-state index contributed by atoms with van der Waals surface area (Å²) in [5, 5.41) is 0.464. The first-order valence-electron chi connectivity index (χ1n) is 7.60. The molecule has 1 fully saturated rings. The van der Waals surface area contributed by atoms with Crippen molar-refractivity contribution < 1.29 is 14.1 Å². The molecule has 4 nitrogen and oxygen atoms in total. The number of piperazine rings is 1. The van der Waals surface area contributed by atoms with E-state index >= 15 is 0 Å². The summed E-state index contributed by atoms with van der Waals surface area (Å²) >= 11 is 6.08. The highest BCUT2D eigenvalue weighted by atomic mass is 35.5. The van der Waals surface area contributed by atoms with Gasteiger partial charge in [0.2, 0.25) is 0 Å². The second-order valence-electron chi connectivity index (χ2n) is 5.70. The summed E-state index contributed by atoms with van der Waals surface area (Å²) < 4.78 is 13.1. The van der Waals surface area contributed by atoms with E-state index in [-0.39, 0.29) is 11.7 Å². The van der Waals surface area contributed by atoms with Crippen molar-refractivity contribution >= 4 is 17.5 Å². The van der Waals surface area contributed by atoms with Gasteiger partial charge in [0.05, 0.1) is 36.8 Å². The van der Waals surface area contributed by atoms with Crippen LogP contribution in [-0.2, 0) is 6.54 Å². The number of aromatic nitrogens is 1. The molecule has 2 aromatic rings. The Morgan fingerprint density at radius 2 is 2.09 bits per heavy atom. The predicted molar refractivity (Wildman–Crippen MR) is 86.0 cm³/mol. The predicted octanol–water partition coefficient (Wildman–Crippen LogP) is 1.42. The molecule has 0 aliphatic carbocycles. The maximum Gasteiger partial charge on any atom is 0.255 e. The minimum absolute atomic E-state index is 0.0250. The molecular weight excluding hydrogens is 317 g/mol. The van der Waals surface area contributed by atoms with Gasteiger partial charge in [-0.05, 0) is 30.3 Å². The van der Waals surface area contributed by atoms with Crippen molar-refractivity contribution in [3.8, 4) is 0 Å². The van der Waals surface area contributed by atoms with Crippen LogP contribution in [0.4, 0.5) is 4.39 Å². The van der Waals surface area contributed by atoms with Gasteiger partial charge in [-0.1, -0.05) is 11.6 Å². The summed E-state index contributed by atoms with van der Waals surface area (Å²) in [6.07, 6.45) is 3.26. The molecule has 0 saturated carbocycles. The largest absolute Gasteiger partial charge is 0.328 e. The molecule has 0 spiro atoms. The number of benzene rings is 1. The van der Waals surface area contributed by atoms with Crippen molar-refractivity contribution in [3.63, 3.8) is 0 Å². The van der Waals surface area contributed by atoms with Crippen molar-refractivity contribution in [3.05, 3.63) is 64.7 Å². The second kappa shape index (κ2) is 7.06. The number of rotatable bonds is 3. The van der Waals surface area contributed by atoms with E-state index in [9.17, 15) is 9.18 Å². The fourth-order valence-corrected chi connectivity index (χ4v) is 3.04. The molecule has 2 heterocycles. The fraction of sp³-hybridized carbons (Fsp3) is 0.294. The van der Waals surface area contributed by atoms with Crippen LogP contribution in [0, 0.1) is 5.82 Å². The SMILES string of the molecule is O=C(c1cccnc1)N1CC[NH+](Cc2ccc(F)cc2Cl)CC1. The number of quaternary nitrogens is 1. The van der Waals surface area contributed by atoms with E-state index in [0.29, 0.717) is 23.7 Å². The lowest BCUT2D eigenvalue weighted by molar-refractivity contribution is -0.917. The lowest BCUT2D eigenvalue weighted by Crippen LogP contribution is -3.13. The average molecular weight is 335 g/mol. The van der Waals surface area contributed by atoms with Crippen LogP contribution in [0.25, 0.3) is 0 Å². The van der Waals surface area contributed by atoms with Crippen molar-refractivity contribution in [2.24, 2.45) is 0 Å². The van der Waals surface area contributed by atoms with Gasteiger partial charge in [0, 0.05) is 18.0 Å². The van der Waals surface area contributed by atoms with E-state index in [2.05, 4.69) is 4.98 Å². The van der Waals surface area contributed by atoms with Gasteiger partial charge in [0.1, 0.15) is 12.4 Å². The first-order chi connectivity index (χ1) is 11.1. The monoisotopic (exact) mass is 334 g/mol. The third-order valence-corrected chi connectivity index (χ3v) is 4.47. The zero-order valence-corrected chi connectivity index (χ0v) is 13.4. The molecule has 0 unspecified atom stereocenters. The maximum absolute atomic E-state index is 13.1. The zero-order chi connectivity index (χ0) is 16.2. The summed E-state index contributed by atoms with van der Waals surface area (Å²) in [5.41, 5.74) is 1.56. The van der Waals surface area contributed by atoms with E-state index in [1.807, 2.05) is 4.90 Å². The number of carbonyl (C=O) groups is 1. The van der Waals surface area contributed by atoms with E-state index < -0.39 is 0 Å². The molecule has 1 aliphatic rings. The molecule has 1 aromatic heterocycles. The number of nitrogens with zero attached hydrogens (tertiary/aromatic N) is 2. The molecule has 120 valence electrons. The van der Waals surface area contributed by atoms with E-state index in [4.69, 9.17) is 11.6 Å². The number of hydrogen-bond donors (Lipinski definition) is 1. The average Bonchev–Trinajstić information content (AvgIpc) is 2.58. The Hall–Kier alpha value is -1.98. The lowest BCUT2D eigenvalue weighted by Gasteiger charge is -2.32. The molecule has 0 radical (unpaired) electrons. The van der Waals surface area contributed by atoms with Crippen LogP contribution in [0.1, 0.15) is 15.9 Å². The zero-order valence-electron chi connectivity index (χ0n) is 12.6. The highest BCUT2D eigenvalue weighted by Gasteiger charge is 2.25. The minimum Gasteiger partial charge on any atom is -0.328 e. The van der Waals surface area contributed by atoms with Gasteiger partial charge >= 0.3 is 0 Å². The minimum atomic E-state index is -0.319. The van der Waals surface area contributed by atoms with E-state index in [0.717, 1.165) is 25.2 Å². The first-order valence-corrected chi connectivity index (χ1v) is 7.98. The van der Waals surface area contributed by atoms with Crippen molar-refractivity contribution in [2.45, 2.75) is 6.54 Å². The topological polar surface area (TPSA) is 37.6 Å². The summed E-state index contributed by atoms with van der Waals surface area (Å²) in [6.45, 7) is 3.83. The van der Waals surface area contributed by atoms with E-state index in [1.165, 1.54) is 17.0 Å². The van der Waals surface area contributed by atoms with Crippen LogP contribution in [0.2, 0.25) is 5.02 Å². The third kappa shape index (κ3) is 3.86. The summed E-state index contributed by atoms with van der Waals surface area (Å²) in [6, 6.07) is 8.07. The Bertz CT molecular complexity index is 687. The Kier molecular flexibility index (Phi) is 4.88. The van der Waals surface area contributed by atoms with Crippen LogP contribution < -0.4 is 4.90 Å². The second-order valence-corrected chi connectivity index (χ2v) is 6.10. The van der Waals surface area contributed by atoms with E-state index in [1.54, 1.807) is 30.6 Å². The van der Waals surface area contributed by atoms with Crippen LogP contribution in [-0.4, -0.2) is 42.0 Å². The maximum atomic E-state index is 13.1. The Balaban J connectivity index is 1.57. The van der Waals surface area contributed by atoms with Crippen LogP contribution in [0.5, 0.6) is 0 Å². The fourth-order valence-electron chi connectivity index (χ4n) is 2.81. The number of hydrogen-bond acceptors (Lipinski definition) is 2. The first kappa shape index (κ1) is 15.9. The highest BCUT2D eigenvalue weighted by molar-refractivity contribution is 6.31. The van der Waals surface area contributed by atoms with Crippen molar-refractivity contribution in [2.75, 3.05) is 26.2 Å². The molecule has 1 saturated heterocycles. The van der Waals surface area contributed by atoms with Crippen LogP contribution >= 0.6 is 11.6 Å². The van der Waals surface area contributed by atoms with Gasteiger partial charge in [-0.25, -0.2) is 4.39 Å². The number of nitrogens with one attached hydrogen (secondary N) is 1. The number of halogens is 2. The highest BCUT2D eigenvalue weighted by Crippen LogP contribution is 2.16. The molecule has 1 N–H and O–H groups in total. The molecule has 1 amide bonds. The van der Waals surface area contributed by atoms with Crippen molar-refractivity contribution in [1.29, 1.82) is 0 Å². The van der Waals surface area contributed by atoms with Gasteiger partial charge in [-0.15, -0.1) is 0 Å². The Morgan fingerprint density at radius 1 is 1.30 bits per heavy atom. The molecule has 1 aliphatic heterocycles. The molecule has 3 rings (SSSR count). The number of pyridine rings is 1. The van der Waals surface area contributed by atoms with Crippen LogP contribution in [0.3, 0.4) is 0 Å². The third-order valence-electron chi connectivity index (χ3n) is 4.12. The Morgan fingerprint density at radius 3 is 2.74 bits per heavy atom. The number of carbonyl (C=O) groups excluding carboxylic acids is 1. The summed E-state index contributed by atoms with van der Waals surface area (Å²) in [4.78, 5) is 19.6. The summed E-state index contributed by atoms with van der Waals surface area (Å²) in [7, 11) is 0. The normalized spacial score (nSPS) is 15.7. The van der Waals surface area contributed by atoms with Gasteiger partial charge in [-0.3, -0.25) is 9.78 Å². The lowest BCUT2D eigenvalue weighted by atomic mass is 10.1. The molecular formula is C17H18ClFN3O+. The smallest absolute Gasteiger partial charge is 0.255 e. The molecule has 0 bridgehead atoms. The quantitative estimate of drug-likeness (QED) is 0.921. The standard InChI is InChI=1S/C17H17ClFN3O/c18-16-10-15(19)4-3-14(16)12-21-6-8-22(9-7-21)17(23)13-2-1-5-20-11-13/h1-5,10-11H,6-9,12H2/p+1.